The van der Waals surface area contributed by atoms with Crippen LogP contribution < -0.4 is 11.1 Å². The third-order valence-electron chi connectivity index (χ3n) is 3.59. The van der Waals surface area contributed by atoms with E-state index in [1.54, 1.807) is 0 Å². The van der Waals surface area contributed by atoms with Crippen LogP contribution in [0.1, 0.15) is 32.3 Å². The van der Waals surface area contributed by atoms with Crippen LogP contribution in [0.5, 0.6) is 0 Å². The van der Waals surface area contributed by atoms with Crippen LogP contribution in [0.25, 0.3) is 0 Å². The first-order valence-electron chi connectivity index (χ1n) is 6.80. The number of amides is 1. The van der Waals surface area contributed by atoms with Gasteiger partial charge in [0.25, 0.3) is 0 Å². The predicted octanol–water partition coefficient (Wildman–Crippen LogP) is 1.22. The molecular formula is C15H24N2O2. The Bertz CT molecular complexity index is 388. The van der Waals surface area contributed by atoms with Gasteiger partial charge in [-0.25, -0.2) is 0 Å². The molecule has 0 saturated heterocycles. The summed E-state index contributed by atoms with van der Waals surface area (Å²) < 4.78 is 0. The van der Waals surface area contributed by atoms with Crippen molar-refractivity contribution in [1.29, 1.82) is 0 Å². The molecule has 0 aliphatic carbocycles. The summed E-state index contributed by atoms with van der Waals surface area (Å²) in [6.07, 6.45) is 1.77. The number of aliphatic hydroxyl groups excluding tert-OH is 1. The van der Waals surface area contributed by atoms with Gasteiger partial charge >= 0.3 is 0 Å². The topological polar surface area (TPSA) is 75.4 Å². The zero-order chi connectivity index (χ0) is 14.3. The zero-order valence-corrected chi connectivity index (χ0v) is 11.7. The average molecular weight is 264 g/mol. The van der Waals surface area contributed by atoms with Crippen LogP contribution >= 0.6 is 0 Å². The van der Waals surface area contributed by atoms with E-state index in [-0.39, 0.29) is 18.6 Å². The fraction of sp³-hybridized carbons (Fsp3) is 0.533. The van der Waals surface area contributed by atoms with Crippen LogP contribution in [0.15, 0.2) is 30.3 Å². The highest BCUT2D eigenvalue weighted by atomic mass is 16.3. The summed E-state index contributed by atoms with van der Waals surface area (Å²) in [7, 11) is 0. The van der Waals surface area contributed by atoms with Gasteiger partial charge in [0.15, 0.2) is 0 Å². The molecule has 1 rings (SSSR count). The molecular weight excluding hydrogens is 240 g/mol. The number of benzene rings is 1. The Morgan fingerprint density at radius 3 is 2.37 bits per heavy atom. The number of nitrogens with two attached hydrogens (primary N) is 1. The van der Waals surface area contributed by atoms with Gasteiger partial charge in [0.2, 0.25) is 5.91 Å². The van der Waals surface area contributed by atoms with Crippen LogP contribution in [-0.4, -0.2) is 29.2 Å². The summed E-state index contributed by atoms with van der Waals surface area (Å²) in [5.74, 6) is -0.188. The minimum Gasteiger partial charge on any atom is -0.394 e. The Balaban J connectivity index is 2.65. The normalized spacial score (nSPS) is 13.1. The summed E-state index contributed by atoms with van der Waals surface area (Å²) in [6, 6.07) is 9.48. The minimum atomic E-state index is -0.843. The van der Waals surface area contributed by atoms with E-state index in [9.17, 15) is 9.90 Å². The second kappa shape index (κ2) is 7.26. The molecule has 4 heteroatoms. The first-order valence-corrected chi connectivity index (χ1v) is 6.80. The van der Waals surface area contributed by atoms with Gasteiger partial charge in [0, 0.05) is 0 Å². The van der Waals surface area contributed by atoms with E-state index in [0.717, 1.165) is 5.56 Å². The van der Waals surface area contributed by atoms with Crippen molar-refractivity contribution in [3.05, 3.63) is 35.9 Å². The Labute approximate surface area is 115 Å². The van der Waals surface area contributed by atoms with Crippen LogP contribution in [0.2, 0.25) is 0 Å². The average Bonchev–Trinajstić information content (AvgIpc) is 2.46. The summed E-state index contributed by atoms with van der Waals surface area (Å²) >= 11 is 0. The van der Waals surface area contributed by atoms with E-state index in [0.29, 0.717) is 19.3 Å². The van der Waals surface area contributed by atoms with E-state index in [2.05, 4.69) is 5.32 Å². The lowest BCUT2D eigenvalue weighted by atomic mass is 9.92. The monoisotopic (exact) mass is 264 g/mol. The highest BCUT2D eigenvalue weighted by molar-refractivity contribution is 5.86. The lowest BCUT2D eigenvalue weighted by molar-refractivity contribution is -0.127. The van der Waals surface area contributed by atoms with Crippen molar-refractivity contribution in [3.63, 3.8) is 0 Å². The van der Waals surface area contributed by atoms with Crippen molar-refractivity contribution in [2.45, 2.75) is 44.7 Å². The molecule has 0 bridgehead atoms. The molecule has 1 atom stereocenters. The maximum atomic E-state index is 12.1. The summed E-state index contributed by atoms with van der Waals surface area (Å²) in [6.45, 7) is 3.70. The first kappa shape index (κ1) is 15.7. The molecule has 0 aliphatic heterocycles. The van der Waals surface area contributed by atoms with Crippen LogP contribution in [0.3, 0.4) is 0 Å². The third kappa shape index (κ3) is 4.33. The third-order valence-corrected chi connectivity index (χ3v) is 3.59. The van der Waals surface area contributed by atoms with Crippen LogP contribution in [0.4, 0.5) is 0 Å². The van der Waals surface area contributed by atoms with E-state index in [4.69, 9.17) is 5.73 Å². The van der Waals surface area contributed by atoms with E-state index < -0.39 is 5.54 Å². The Hall–Kier alpha value is -1.39. The molecule has 19 heavy (non-hydrogen) atoms. The second-order valence-corrected chi connectivity index (χ2v) is 4.91. The summed E-state index contributed by atoms with van der Waals surface area (Å²) in [5.41, 5.74) is 6.28. The molecule has 0 aromatic heterocycles. The standard InChI is InChI=1S/C15H24N2O2/c1-3-15(16,4-2)14(19)17-13(11-18)10-12-8-6-5-7-9-12/h5-9,13,18H,3-4,10-11,16H2,1-2H3,(H,17,19)/t13-/m1/s1. The van der Waals surface area contributed by atoms with Crippen molar-refractivity contribution in [1.82, 2.24) is 5.32 Å². The van der Waals surface area contributed by atoms with Crippen molar-refractivity contribution >= 4 is 5.91 Å². The summed E-state index contributed by atoms with van der Waals surface area (Å²) in [4.78, 5) is 12.1. The van der Waals surface area contributed by atoms with Gasteiger partial charge in [-0.15, -0.1) is 0 Å². The van der Waals surface area contributed by atoms with Gasteiger partial charge in [0.1, 0.15) is 0 Å². The molecule has 1 aromatic rings. The molecule has 0 radical (unpaired) electrons. The van der Waals surface area contributed by atoms with Crippen LogP contribution in [-0.2, 0) is 11.2 Å². The first-order chi connectivity index (χ1) is 9.05. The van der Waals surface area contributed by atoms with E-state index in [1.165, 1.54) is 0 Å². The largest absolute Gasteiger partial charge is 0.394 e. The lowest BCUT2D eigenvalue weighted by Crippen LogP contribution is -2.56. The number of carbonyl (C=O) groups excluding carboxylic acids is 1. The molecule has 106 valence electrons. The van der Waals surface area contributed by atoms with Gasteiger partial charge in [-0.2, -0.15) is 0 Å². The Morgan fingerprint density at radius 2 is 1.89 bits per heavy atom. The molecule has 1 aromatic carbocycles. The number of hydrogen-bond acceptors (Lipinski definition) is 3. The minimum absolute atomic E-state index is 0.0931. The SMILES string of the molecule is CCC(N)(CC)C(=O)N[C@@H](CO)Cc1ccccc1. The van der Waals surface area contributed by atoms with Gasteiger partial charge in [-0.3, -0.25) is 4.79 Å². The van der Waals surface area contributed by atoms with Gasteiger partial charge < -0.3 is 16.2 Å². The van der Waals surface area contributed by atoms with Crippen LogP contribution in [0, 0.1) is 0 Å². The number of nitrogens with one attached hydrogen (secondary N) is 1. The highest BCUT2D eigenvalue weighted by Crippen LogP contribution is 2.12. The fourth-order valence-electron chi connectivity index (χ4n) is 1.96. The Kier molecular flexibility index (Phi) is 5.99. The molecule has 4 nitrogen and oxygen atoms in total. The smallest absolute Gasteiger partial charge is 0.240 e. The van der Waals surface area contributed by atoms with Gasteiger partial charge in [-0.05, 0) is 24.8 Å². The van der Waals surface area contributed by atoms with Crippen molar-refractivity contribution in [2.24, 2.45) is 5.73 Å². The van der Waals surface area contributed by atoms with Crippen molar-refractivity contribution < 1.29 is 9.90 Å². The quantitative estimate of drug-likeness (QED) is 0.693. The van der Waals surface area contributed by atoms with Gasteiger partial charge in [0.05, 0.1) is 18.2 Å². The number of hydrogen-bond donors (Lipinski definition) is 3. The molecule has 4 N–H and O–H groups in total. The Morgan fingerprint density at radius 1 is 1.32 bits per heavy atom. The predicted molar refractivity (Wildman–Crippen MR) is 76.7 cm³/mol. The van der Waals surface area contributed by atoms with Crippen molar-refractivity contribution in [2.75, 3.05) is 6.61 Å². The number of carbonyl (C=O) groups is 1. The zero-order valence-electron chi connectivity index (χ0n) is 11.7. The molecule has 0 unspecified atom stereocenters. The molecule has 0 aliphatic rings. The lowest BCUT2D eigenvalue weighted by Gasteiger charge is -2.28. The molecule has 1 amide bonds. The second-order valence-electron chi connectivity index (χ2n) is 4.91. The number of rotatable bonds is 7. The molecule has 0 saturated carbocycles. The maximum absolute atomic E-state index is 12.1. The number of aliphatic hydroxyl groups is 1. The molecule has 0 fully saturated rings. The summed E-state index contributed by atoms with van der Waals surface area (Å²) in [5, 5.41) is 12.2. The fourth-order valence-corrected chi connectivity index (χ4v) is 1.96. The van der Waals surface area contributed by atoms with Gasteiger partial charge in [-0.1, -0.05) is 44.2 Å². The molecule has 0 spiro atoms. The highest BCUT2D eigenvalue weighted by Gasteiger charge is 2.31. The van der Waals surface area contributed by atoms with E-state index in [1.807, 2.05) is 44.2 Å². The van der Waals surface area contributed by atoms with E-state index >= 15 is 0 Å². The maximum Gasteiger partial charge on any atom is 0.240 e. The van der Waals surface area contributed by atoms with Crippen molar-refractivity contribution in [3.8, 4) is 0 Å². The molecule has 0 heterocycles.